The number of rotatable bonds is 0. The Balaban J connectivity index is 0. The zero-order chi connectivity index (χ0) is 5.28. The van der Waals surface area contributed by atoms with E-state index in [0.717, 1.165) is 12.2 Å². The second-order valence-corrected chi connectivity index (χ2v) is 1.07. The second kappa shape index (κ2) is 5.65. The van der Waals surface area contributed by atoms with Crippen molar-refractivity contribution in [2.75, 3.05) is 0 Å². The van der Waals surface area contributed by atoms with Gasteiger partial charge in [0.15, 0.2) is 0 Å². The van der Waals surface area contributed by atoms with E-state index in [1.807, 2.05) is 0 Å². The molecule has 3 nitrogen and oxygen atoms in total. The van der Waals surface area contributed by atoms with Gasteiger partial charge in [-0.15, -0.1) is 0 Å². The summed E-state index contributed by atoms with van der Waals surface area (Å²) in [6, 6.07) is 0. The van der Waals surface area contributed by atoms with Gasteiger partial charge in [-0.2, -0.15) is 0 Å². The predicted octanol–water partition coefficient (Wildman–Crippen LogP) is -1.14. The Labute approximate surface area is 96.4 Å². The Hall–Kier alpha value is 0.880. The summed E-state index contributed by atoms with van der Waals surface area (Å²) in [6.07, 6.45) is 2.17. The molecule has 5 heteroatoms. The van der Waals surface area contributed by atoms with E-state index in [1.54, 1.807) is 0 Å². The van der Waals surface area contributed by atoms with Gasteiger partial charge < -0.3 is 4.74 Å². The molecule has 0 spiro atoms. The summed E-state index contributed by atoms with van der Waals surface area (Å²) in [5.41, 5.74) is 0. The van der Waals surface area contributed by atoms with E-state index >= 15 is 0 Å². The standard InChI is InChI=1S/C4H2O3.2Na/c5-3-1-2-4(6)7-3;;/h1-2H;;. The van der Waals surface area contributed by atoms with Crippen LogP contribution >= 0.6 is 0 Å². The van der Waals surface area contributed by atoms with Crippen molar-refractivity contribution in [2.24, 2.45) is 0 Å². The average molecular weight is 144 g/mol. The third-order valence-corrected chi connectivity index (χ3v) is 0.557. The van der Waals surface area contributed by atoms with E-state index in [2.05, 4.69) is 4.74 Å². The van der Waals surface area contributed by atoms with Crippen molar-refractivity contribution in [3.63, 3.8) is 0 Å². The van der Waals surface area contributed by atoms with Crippen LogP contribution < -0.4 is 0 Å². The Morgan fingerprint density at radius 2 is 1.33 bits per heavy atom. The fourth-order valence-corrected chi connectivity index (χ4v) is 0.303. The largest absolute Gasteiger partial charge is 0.387 e. The van der Waals surface area contributed by atoms with Crippen molar-refractivity contribution in [1.29, 1.82) is 0 Å². The van der Waals surface area contributed by atoms with Gasteiger partial charge in [0.2, 0.25) is 0 Å². The van der Waals surface area contributed by atoms with Gasteiger partial charge in [0.05, 0.1) is 0 Å². The van der Waals surface area contributed by atoms with Crippen LogP contribution in [0.2, 0.25) is 0 Å². The van der Waals surface area contributed by atoms with Crippen LogP contribution in [-0.2, 0) is 14.3 Å². The molecule has 0 bridgehead atoms. The number of cyclic esters (lactones) is 2. The topological polar surface area (TPSA) is 43.4 Å². The molecular formula is C4H2Na2O3. The number of carbonyl (C=O) groups is 2. The van der Waals surface area contributed by atoms with Crippen molar-refractivity contribution in [3.8, 4) is 0 Å². The van der Waals surface area contributed by atoms with Gasteiger partial charge in [0.1, 0.15) is 0 Å². The molecule has 9 heavy (non-hydrogen) atoms. The maximum Gasteiger partial charge on any atom is 0.338 e. The zero-order valence-electron chi connectivity index (χ0n) is 5.38. The fourth-order valence-electron chi connectivity index (χ4n) is 0.303. The number of hydrogen-bond acceptors (Lipinski definition) is 3. The maximum absolute atomic E-state index is 9.92. The summed E-state index contributed by atoms with van der Waals surface area (Å²) < 4.78 is 3.97. The van der Waals surface area contributed by atoms with Crippen LogP contribution in [0.15, 0.2) is 12.2 Å². The van der Waals surface area contributed by atoms with Gasteiger partial charge in [0.25, 0.3) is 0 Å². The third kappa shape index (κ3) is 4.31. The molecule has 0 N–H and O–H groups in total. The predicted molar refractivity (Wildman–Crippen MR) is 31.7 cm³/mol. The molecule has 2 radical (unpaired) electrons. The summed E-state index contributed by atoms with van der Waals surface area (Å²) in [5, 5.41) is 0. The van der Waals surface area contributed by atoms with E-state index in [-0.39, 0.29) is 59.1 Å². The van der Waals surface area contributed by atoms with Crippen molar-refractivity contribution in [2.45, 2.75) is 0 Å². The molecule has 38 valence electrons. The van der Waals surface area contributed by atoms with E-state index in [9.17, 15) is 9.59 Å². The average Bonchev–Trinajstić information content (AvgIpc) is 1.87. The first-order valence-electron chi connectivity index (χ1n) is 1.73. The van der Waals surface area contributed by atoms with Crippen molar-refractivity contribution < 1.29 is 14.3 Å². The zero-order valence-corrected chi connectivity index (χ0v) is 9.38. The molecule has 0 fully saturated rings. The van der Waals surface area contributed by atoms with E-state index in [4.69, 9.17) is 0 Å². The summed E-state index contributed by atoms with van der Waals surface area (Å²) in [7, 11) is 0. The minimum absolute atomic E-state index is 0. The Morgan fingerprint density at radius 1 is 1.00 bits per heavy atom. The number of hydrogen-bond donors (Lipinski definition) is 0. The molecule has 1 aliphatic rings. The molecule has 1 rings (SSSR count). The smallest absolute Gasteiger partial charge is 0.338 e. The first-order valence-corrected chi connectivity index (χ1v) is 1.73. The third-order valence-electron chi connectivity index (χ3n) is 0.557. The minimum atomic E-state index is -0.579. The van der Waals surface area contributed by atoms with Gasteiger partial charge in [0, 0.05) is 71.3 Å². The number of esters is 2. The van der Waals surface area contributed by atoms with Crippen molar-refractivity contribution in [1.82, 2.24) is 0 Å². The van der Waals surface area contributed by atoms with Gasteiger partial charge in [-0.3, -0.25) is 0 Å². The number of ether oxygens (including phenoxy) is 1. The molecule has 1 heterocycles. The van der Waals surface area contributed by atoms with Gasteiger partial charge in [-0.05, 0) is 0 Å². The molecule has 0 aromatic heterocycles. The molecule has 0 atom stereocenters. The molecule has 1 aliphatic heterocycles. The van der Waals surface area contributed by atoms with Crippen LogP contribution in [0.4, 0.5) is 0 Å². The molecule has 0 saturated carbocycles. The second-order valence-electron chi connectivity index (χ2n) is 1.07. The van der Waals surface area contributed by atoms with Gasteiger partial charge >= 0.3 is 11.9 Å². The summed E-state index contributed by atoms with van der Waals surface area (Å²) in [4.78, 5) is 19.8. The monoisotopic (exact) mass is 144 g/mol. The Bertz CT molecular complexity index is 136. The Morgan fingerprint density at radius 3 is 1.44 bits per heavy atom. The van der Waals surface area contributed by atoms with Crippen LogP contribution in [-0.4, -0.2) is 71.1 Å². The van der Waals surface area contributed by atoms with E-state index < -0.39 is 11.9 Å². The summed E-state index contributed by atoms with van der Waals surface area (Å²) >= 11 is 0. The first-order chi connectivity index (χ1) is 3.29. The summed E-state index contributed by atoms with van der Waals surface area (Å²) in [5.74, 6) is -1.16. The van der Waals surface area contributed by atoms with Gasteiger partial charge in [-0.1, -0.05) is 0 Å². The molecule has 0 aromatic rings. The SMILES string of the molecule is O=C1C=CC(=O)O1.[Na].[Na]. The van der Waals surface area contributed by atoms with E-state index in [1.165, 1.54) is 0 Å². The van der Waals surface area contributed by atoms with Crippen LogP contribution in [0.3, 0.4) is 0 Å². The van der Waals surface area contributed by atoms with Crippen LogP contribution in [0, 0.1) is 0 Å². The Kier molecular flexibility index (Phi) is 7.87. The minimum Gasteiger partial charge on any atom is -0.387 e. The van der Waals surface area contributed by atoms with Crippen molar-refractivity contribution >= 4 is 71.1 Å². The molecular weight excluding hydrogens is 142 g/mol. The molecule has 0 saturated heterocycles. The van der Waals surface area contributed by atoms with Gasteiger partial charge in [-0.25, -0.2) is 9.59 Å². The van der Waals surface area contributed by atoms with Crippen LogP contribution in [0.25, 0.3) is 0 Å². The normalized spacial score (nSPS) is 13.8. The molecule has 0 amide bonds. The van der Waals surface area contributed by atoms with Crippen molar-refractivity contribution in [3.05, 3.63) is 12.2 Å². The summed E-state index contributed by atoms with van der Waals surface area (Å²) in [6.45, 7) is 0. The quantitative estimate of drug-likeness (QED) is 0.245. The fraction of sp³-hybridized carbons (Fsp3) is 0. The number of carbonyl (C=O) groups excluding carboxylic acids is 2. The molecule has 0 aromatic carbocycles. The maximum atomic E-state index is 9.92. The van der Waals surface area contributed by atoms with Crippen LogP contribution in [0.5, 0.6) is 0 Å². The van der Waals surface area contributed by atoms with E-state index in [0.29, 0.717) is 0 Å². The molecule has 0 aliphatic carbocycles. The first kappa shape index (κ1) is 12.5. The van der Waals surface area contributed by atoms with Crippen LogP contribution in [0.1, 0.15) is 0 Å². The molecule has 0 unspecified atom stereocenters.